The summed E-state index contributed by atoms with van der Waals surface area (Å²) in [5, 5.41) is 4.96. The molecule has 3 nitrogen and oxygen atoms in total. The first-order valence-electron chi connectivity index (χ1n) is 5.42. The summed E-state index contributed by atoms with van der Waals surface area (Å²) in [6.07, 6.45) is 2.09. The standard InChI is InChI=1S/C11H16N2OS2/c1-13-4-2-8(3-5-13)12-11(14)10-6-9(15)7-16-10/h6-8,15H,2-5H2,1H3,(H,12,14). The van der Waals surface area contributed by atoms with Crippen LogP contribution in [0.5, 0.6) is 0 Å². The first-order valence-corrected chi connectivity index (χ1v) is 6.75. The van der Waals surface area contributed by atoms with Gasteiger partial charge in [-0.3, -0.25) is 4.79 Å². The highest BCUT2D eigenvalue weighted by atomic mass is 32.1. The molecule has 5 heteroatoms. The van der Waals surface area contributed by atoms with Gasteiger partial charge in [-0.25, -0.2) is 0 Å². The van der Waals surface area contributed by atoms with Crippen LogP contribution >= 0.6 is 24.0 Å². The quantitative estimate of drug-likeness (QED) is 0.792. The smallest absolute Gasteiger partial charge is 0.261 e. The molecule has 0 aromatic carbocycles. The Morgan fingerprint density at radius 3 is 2.81 bits per heavy atom. The fraction of sp³-hybridized carbons (Fsp3) is 0.545. The highest BCUT2D eigenvalue weighted by molar-refractivity contribution is 7.80. The summed E-state index contributed by atoms with van der Waals surface area (Å²) >= 11 is 5.65. The van der Waals surface area contributed by atoms with Crippen molar-refractivity contribution < 1.29 is 4.79 Å². The molecule has 1 aliphatic rings. The molecule has 1 aliphatic heterocycles. The predicted molar refractivity (Wildman–Crippen MR) is 69.6 cm³/mol. The summed E-state index contributed by atoms with van der Waals surface area (Å²) in [5.74, 6) is 0.0415. The van der Waals surface area contributed by atoms with E-state index >= 15 is 0 Å². The third-order valence-electron chi connectivity index (χ3n) is 2.86. The minimum Gasteiger partial charge on any atom is -0.349 e. The van der Waals surface area contributed by atoms with Gasteiger partial charge in [-0.2, -0.15) is 0 Å². The van der Waals surface area contributed by atoms with Crippen molar-refractivity contribution in [3.05, 3.63) is 16.3 Å². The van der Waals surface area contributed by atoms with Crippen LogP contribution in [0.25, 0.3) is 0 Å². The third-order valence-corrected chi connectivity index (χ3v) is 4.23. The van der Waals surface area contributed by atoms with Crippen molar-refractivity contribution in [2.45, 2.75) is 23.8 Å². The molecule has 88 valence electrons. The zero-order chi connectivity index (χ0) is 11.5. The largest absolute Gasteiger partial charge is 0.349 e. The van der Waals surface area contributed by atoms with Gasteiger partial charge in [-0.15, -0.1) is 24.0 Å². The van der Waals surface area contributed by atoms with Crippen molar-refractivity contribution >= 4 is 29.9 Å². The number of hydrogen-bond donors (Lipinski definition) is 2. The Morgan fingerprint density at radius 2 is 2.25 bits per heavy atom. The molecule has 0 bridgehead atoms. The van der Waals surface area contributed by atoms with E-state index < -0.39 is 0 Å². The first-order chi connectivity index (χ1) is 7.65. The molecule has 0 aliphatic carbocycles. The van der Waals surface area contributed by atoms with Gasteiger partial charge in [0.1, 0.15) is 0 Å². The fourth-order valence-electron chi connectivity index (χ4n) is 1.85. The van der Waals surface area contributed by atoms with Crippen molar-refractivity contribution in [1.82, 2.24) is 10.2 Å². The zero-order valence-corrected chi connectivity index (χ0v) is 11.0. The van der Waals surface area contributed by atoms with Gasteiger partial charge in [-0.1, -0.05) is 0 Å². The number of carbonyl (C=O) groups is 1. The van der Waals surface area contributed by atoms with E-state index in [1.807, 2.05) is 11.4 Å². The van der Waals surface area contributed by atoms with E-state index in [1.165, 1.54) is 11.3 Å². The normalized spacial score (nSPS) is 18.6. The Bertz CT molecular complexity index is 370. The second-order valence-corrected chi connectivity index (χ2v) is 5.65. The summed E-state index contributed by atoms with van der Waals surface area (Å²) in [4.78, 5) is 15.8. The number of hydrogen-bond acceptors (Lipinski definition) is 4. The first kappa shape index (κ1) is 12.0. The Hall–Kier alpha value is -0.520. The van der Waals surface area contributed by atoms with Crippen molar-refractivity contribution in [2.24, 2.45) is 0 Å². The molecular weight excluding hydrogens is 240 g/mol. The molecule has 1 saturated heterocycles. The zero-order valence-electron chi connectivity index (χ0n) is 9.27. The third kappa shape index (κ3) is 2.99. The molecule has 1 aromatic heterocycles. The van der Waals surface area contributed by atoms with E-state index in [0.29, 0.717) is 6.04 Å². The molecule has 2 rings (SSSR count). The number of carbonyl (C=O) groups excluding carboxylic acids is 1. The minimum atomic E-state index is 0.0415. The van der Waals surface area contributed by atoms with Gasteiger partial charge in [0, 0.05) is 16.3 Å². The van der Waals surface area contributed by atoms with Gasteiger partial charge in [0.15, 0.2) is 0 Å². The van der Waals surface area contributed by atoms with Crippen LogP contribution in [0.3, 0.4) is 0 Å². The SMILES string of the molecule is CN1CCC(NC(=O)c2cc(S)cs2)CC1. The molecule has 1 fully saturated rings. The van der Waals surface area contributed by atoms with Crippen LogP contribution in [-0.2, 0) is 0 Å². The maximum Gasteiger partial charge on any atom is 0.261 e. The molecule has 2 heterocycles. The summed E-state index contributed by atoms with van der Waals surface area (Å²) < 4.78 is 0. The molecule has 1 aromatic rings. The number of nitrogens with one attached hydrogen (secondary N) is 1. The Labute approximate surface area is 105 Å². The van der Waals surface area contributed by atoms with Crippen molar-refractivity contribution in [1.29, 1.82) is 0 Å². The lowest BCUT2D eigenvalue weighted by Gasteiger charge is -2.29. The number of nitrogens with zero attached hydrogens (tertiary/aromatic N) is 1. The average Bonchev–Trinajstić information content (AvgIpc) is 2.68. The molecule has 0 saturated carbocycles. The minimum absolute atomic E-state index is 0.0415. The second-order valence-electron chi connectivity index (χ2n) is 4.22. The molecule has 1 N–H and O–H groups in total. The average molecular weight is 256 g/mol. The lowest BCUT2D eigenvalue weighted by Crippen LogP contribution is -2.43. The van der Waals surface area contributed by atoms with Gasteiger partial charge in [-0.05, 0) is 39.0 Å². The van der Waals surface area contributed by atoms with Gasteiger partial charge in [0.25, 0.3) is 5.91 Å². The number of piperidine rings is 1. The molecule has 0 radical (unpaired) electrons. The number of amides is 1. The highest BCUT2D eigenvalue weighted by Crippen LogP contribution is 2.18. The van der Waals surface area contributed by atoms with E-state index in [2.05, 4.69) is 29.9 Å². The van der Waals surface area contributed by atoms with Crippen molar-refractivity contribution in [3.63, 3.8) is 0 Å². The monoisotopic (exact) mass is 256 g/mol. The van der Waals surface area contributed by atoms with E-state index in [9.17, 15) is 4.79 Å². The lowest BCUT2D eigenvalue weighted by atomic mass is 10.1. The molecular formula is C11H16N2OS2. The van der Waals surface area contributed by atoms with E-state index in [1.54, 1.807) is 0 Å². The Balaban J connectivity index is 1.88. The van der Waals surface area contributed by atoms with E-state index in [0.717, 1.165) is 35.7 Å². The van der Waals surface area contributed by atoms with Crippen molar-refractivity contribution in [2.75, 3.05) is 20.1 Å². The second kappa shape index (κ2) is 5.21. The molecule has 1 amide bonds. The summed E-state index contributed by atoms with van der Waals surface area (Å²) in [5.41, 5.74) is 0. The van der Waals surface area contributed by atoms with Crippen LogP contribution in [0.2, 0.25) is 0 Å². The van der Waals surface area contributed by atoms with Gasteiger partial charge in [0.05, 0.1) is 4.88 Å². The fourth-order valence-corrected chi connectivity index (χ4v) is 2.91. The lowest BCUT2D eigenvalue weighted by molar-refractivity contribution is 0.0921. The maximum atomic E-state index is 11.9. The van der Waals surface area contributed by atoms with E-state index in [4.69, 9.17) is 0 Å². The Morgan fingerprint density at radius 1 is 1.56 bits per heavy atom. The van der Waals surface area contributed by atoms with Crippen LogP contribution in [0.15, 0.2) is 16.3 Å². The molecule has 0 atom stereocenters. The summed E-state index contributed by atoms with van der Waals surface area (Å²) in [6.45, 7) is 2.13. The van der Waals surface area contributed by atoms with E-state index in [-0.39, 0.29) is 5.91 Å². The number of thiophene rings is 1. The Kier molecular flexibility index (Phi) is 3.89. The van der Waals surface area contributed by atoms with Crippen molar-refractivity contribution in [3.8, 4) is 0 Å². The number of rotatable bonds is 2. The van der Waals surface area contributed by atoms with Gasteiger partial charge in [0.2, 0.25) is 0 Å². The van der Waals surface area contributed by atoms with Crippen LogP contribution < -0.4 is 5.32 Å². The number of thiol groups is 1. The summed E-state index contributed by atoms with van der Waals surface area (Å²) in [6, 6.07) is 2.15. The van der Waals surface area contributed by atoms with Crippen LogP contribution in [0.1, 0.15) is 22.5 Å². The predicted octanol–water partition coefficient (Wildman–Crippen LogP) is 1.86. The van der Waals surface area contributed by atoms with Gasteiger partial charge >= 0.3 is 0 Å². The van der Waals surface area contributed by atoms with Gasteiger partial charge < -0.3 is 10.2 Å². The topological polar surface area (TPSA) is 32.3 Å². The molecule has 16 heavy (non-hydrogen) atoms. The number of likely N-dealkylation sites (tertiary alicyclic amines) is 1. The van der Waals surface area contributed by atoms with Crippen LogP contribution in [0.4, 0.5) is 0 Å². The maximum absolute atomic E-state index is 11.9. The molecule has 0 spiro atoms. The van der Waals surface area contributed by atoms with Crippen LogP contribution in [-0.4, -0.2) is 37.0 Å². The summed E-state index contributed by atoms with van der Waals surface area (Å²) in [7, 11) is 2.12. The molecule has 0 unspecified atom stereocenters. The van der Waals surface area contributed by atoms with Crippen LogP contribution in [0, 0.1) is 0 Å². The highest BCUT2D eigenvalue weighted by Gasteiger charge is 2.19.